The zero-order chi connectivity index (χ0) is 14.8. The number of rotatable bonds is 3. The van der Waals surface area contributed by atoms with Crippen LogP contribution in [0.4, 0.5) is 4.39 Å². The number of carboxylic acid groups (broad SMARTS) is 1. The van der Waals surface area contributed by atoms with Gasteiger partial charge >= 0.3 is 5.97 Å². The van der Waals surface area contributed by atoms with Crippen LogP contribution in [0.15, 0.2) is 0 Å². The molecule has 0 aliphatic heterocycles. The van der Waals surface area contributed by atoms with E-state index in [4.69, 9.17) is 4.43 Å². The van der Waals surface area contributed by atoms with Crippen LogP contribution in [0.25, 0.3) is 0 Å². The standard InChI is InChI=1S/C13H21FO4Si/c1-11(2,3)7-6-8(15)13(18-19(4)5)9(7)12(13,14)10(16)17/h7,9,19H,6H2,1-5H3,(H,16,17). The number of halogens is 1. The number of hydrogen-bond donors (Lipinski definition) is 1. The zero-order valence-electron chi connectivity index (χ0n) is 12.0. The number of ketones is 1. The molecular formula is C13H21FO4Si. The summed E-state index contributed by atoms with van der Waals surface area (Å²) in [5, 5.41) is 9.21. The lowest BCUT2D eigenvalue weighted by Gasteiger charge is -2.28. The Morgan fingerprint density at radius 1 is 1.47 bits per heavy atom. The number of aliphatic carboxylic acids is 1. The first-order chi connectivity index (χ1) is 8.49. The Balaban J connectivity index is 2.46. The number of hydrogen-bond acceptors (Lipinski definition) is 3. The summed E-state index contributed by atoms with van der Waals surface area (Å²) in [4.78, 5) is 23.6. The summed E-state index contributed by atoms with van der Waals surface area (Å²) in [6.07, 6.45) is 0.217. The molecule has 0 radical (unpaired) electrons. The summed E-state index contributed by atoms with van der Waals surface area (Å²) >= 11 is 0. The number of carboxylic acids is 1. The predicted octanol–water partition coefficient (Wildman–Crippen LogP) is 1.78. The Morgan fingerprint density at radius 3 is 2.37 bits per heavy atom. The van der Waals surface area contributed by atoms with Crippen molar-refractivity contribution in [3.05, 3.63) is 0 Å². The average Bonchev–Trinajstić information content (AvgIpc) is 2.57. The van der Waals surface area contributed by atoms with E-state index < -0.39 is 32.2 Å². The highest BCUT2D eigenvalue weighted by Crippen LogP contribution is 2.71. The third kappa shape index (κ3) is 1.65. The maximum atomic E-state index is 14.9. The molecular weight excluding hydrogens is 267 g/mol. The van der Waals surface area contributed by atoms with Crippen LogP contribution < -0.4 is 0 Å². The van der Waals surface area contributed by atoms with Crippen LogP contribution in [0.5, 0.6) is 0 Å². The molecule has 108 valence electrons. The number of alkyl halides is 1. The molecule has 4 unspecified atom stereocenters. The normalized spacial score (nSPS) is 41.5. The minimum absolute atomic E-state index is 0.217. The van der Waals surface area contributed by atoms with Crippen LogP contribution >= 0.6 is 0 Å². The highest BCUT2D eigenvalue weighted by atomic mass is 28.3. The zero-order valence-corrected chi connectivity index (χ0v) is 13.1. The number of Topliss-reactive ketones (excluding diaryl/α,β-unsaturated/α-hetero) is 1. The van der Waals surface area contributed by atoms with Crippen LogP contribution in [0, 0.1) is 17.3 Å². The predicted molar refractivity (Wildman–Crippen MR) is 70.2 cm³/mol. The number of carbonyl (C=O) groups is 2. The average molecular weight is 288 g/mol. The van der Waals surface area contributed by atoms with E-state index in [9.17, 15) is 19.1 Å². The first kappa shape index (κ1) is 14.7. The van der Waals surface area contributed by atoms with Gasteiger partial charge in [0.1, 0.15) is 0 Å². The van der Waals surface area contributed by atoms with Crippen LogP contribution in [0.2, 0.25) is 13.1 Å². The van der Waals surface area contributed by atoms with E-state index in [-0.39, 0.29) is 23.5 Å². The van der Waals surface area contributed by atoms with Crippen LogP contribution in [-0.2, 0) is 14.0 Å². The molecule has 0 amide bonds. The van der Waals surface area contributed by atoms with Gasteiger partial charge in [-0.2, -0.15) is 0 Å². The minimum atomic E-state index is -2.53. The summed E-state index contributed by atoms with van der Waals surface area (Å²) in [6, 6.07) is 0. The van der Waals surface area contributed by atoms with Crippen molar-refractivity contribution in [2.75, 3.05) is 0 Å². The Labute approximate surface area is 114 Å². The van der Waals surface area contributed by atoms with E-state index in [1.54, 1.807) is 0 Å². The fraction of sp³-hybridized carbons (Fsp3) is 0.846. The molecule has 2 saturated carbocycles. The van der Waals surface area contributed by atoms with Crippen molar-refractivity contribution in [2.45, 2.75) is 51.6 Å². The van der Waals surface area contributed by atoms with E-state index in [0.29, 0.717) is 0 Å². The Kier molecular flexibility index (Phi) is 2.99. The maximum absolute atomic E-state index is 14.9. The molecule has 0 saturated heterocycles. The van der Waals surface area contributed by atoms with Gasteiger partial charge in [-0.15, -0.1) is 0 Å². The van der Waals surface area contributed by atoms with Crippen molar-refractivity contribution < 1.29 is 23.5 Å². The summed E-state index contributed by atoms with van der Waals surface area (Å²) in [7, 11) is -1.72. The van der Waals surface area contributed by atoms with Gasteiger partial charge in [0.25, 0.3) is 0 Å². The second kappa shape index (κ2) is 3.88. The lowest BCUT2D eigenvalue weighted by Crippen LogP contribution is -2.42. The van der Waals surface area contributed by atoms with Crippen molar-refractivity contribution in [3.63, 3.8) is 0 Å². The Morgan fingerprint density at radius 2 is 2.00 bits per heavy atom. The van der Waals surface area contributed by atoms with Crippen LogP contribution in [0.3, 0.4) is 0 Å². The van der Waals surface area contributed by atoms with Gasteiger partial charge in [-0.25, -0.2) is 9.18 Å². The minimum Gasteiger partial charge on any atom is -0.479 e. The van der Waals surface area contributed by atoms with Gasteiger partial charge in [0, 0.05) is 6.42 Å². The van der Waals surface area contributed by atoms with E-state index in [1.165, 1.54) is 0 Å². The summed E-state index contributed by atoms with van der Waals surface area (Å²) < 4.78 is 20.5. The molecule has 0 aromatic rings. The summed E-state index contributed by atoms with van der Waals surface area (Å²) in [6.45, 7) is 9.38. The number of carbonyl (C=O) groups excluding carboxylic acids is 1. The topological polar surface area (TPSA) is 63.6 Å². The maximum Gasteiger partial charge on any atom is 0.345 e. The largest absolute Gasteiger partial charge is 0.479 e. The molecule has 19 heavy (non-hydrogen) atoms. The third-order valence-corrected chi connectivity index (χ3v) is 5.23. The molecule has 0 bridgehead atoms. The van der Waals surface area contributed by atoms with E-state index in [2.05, 4.69) is 0 Å². The van der Waals surface area contributed by atoms with Crippen molar-refractivity contribution in [1.82, 2.24) is 0 Å². The number of fused-ring (bicyclic) bond motifs is 1. The van der Waals surface area contributed by atoms with Gasteiger partial charge in [-0.3, -0.25) is 4.79 Å². The molecule has 0 spiro atoms. The molecule has 1 N–H and O–H groups in total. The molecule has 2 aliphatic rings. The van der Waals surface area contributed by atoms with Gasteiger partial charge in [0.15, 0.2) is 20.4 Å². The van der Waals surface area contributed by atoms with Crippen molar-refractivity contribution in [3.8, 4) is 0 Å². The smallest absolute Gasteiger partial charge is 0.345 e. The molecule has 2 rings (SSSR count). The van der Waals surface area contributed by atoms with Gasteiger partial charge in [-0.05, 0) is 24.4 Å². The van der Waals surface area contributed by atoms with Crippen molar-refractivity contribution in [2.24, 2.45) is 17.3 Å². The Hall–Kier alpha value is -0.753. The fourth-order valence-electron chi connectivity index (χ4n) is 3.54. The second-order valence-corrected chi connectivity index (χ2v) is 9.33. The first-order valence-corrected chi connectivity index (χ1v) is 9.41. The molecule has 0 aromatic carbocycles. The van der Waals surface area contributed by atoms with E-state index in [1.807, 2.05) is 33.9 Å². The van der Waals surface area contributed by atoms with Gasteiger partial charge in [0.2, 0.25) is 5.67 Å². The van der Waals surface area contributed by atoms with Crippen molar-refractivity contribution >= 4 is 20.8 Å². The second-order valence-electron chi connectivity index (χ2n) is 7.00. The third-order valence-electron chi connectivity index (χ3n) is 4.39. The Bertz CT molecular complexity index is 444. The highest BCUT2D eigenvalue weighted by molar-refractivity contribution is 6.49. The van der Waals surface area contributed by atoms with E-state index in [0.717, 1.165) is 0 Å². The monoisotopic (exact) mass is 288 g/mol. The molecule has 0 heterocycles. The van der Waals surface area contributed by atoms with Crippen molar-refractivity contribution in [1.29, 1.82) is 0 Å². The van der Waals surface area contributed by atoms with Gasteiger partial charge in [0.05, 0.1) is 5.92 Å². The molecule has 6 heteroatoms. The van der Waals surface area contributed by atoms with Gasteiger partial charge in [-0.1, -0.05) is 20.8 Å². The summed E-state index contributed by atoms with van der Waals surface area (Å²) in [5.74, 6) is -3.05. The van der Waals surface area contributed by atoms with Crippen LogP contribution in [0.1, 0.15) is 27.2 Å². The molecule has 0 aromatic heterocycles. The SMILES string of the molecule is C[SiH](C)OC12C(=O)CC(C(C)(C)C)C1C2(F)C(=O)O. The quantitative estimate of drug-likeness (QED) is 0.804. The van der Waals surface area contributed by atoms with Gasteiger partial charge < -0.3 is 9.53 Å². The fourth-order valence-corrected chi connectivity index (χ4v) is 4.73. The van der Waals surface area contributed by atoms with Crippen LogP contribution in [-0.4, -0.2) is 37.2 Å². The highest BCUT2D eigenvalue weighted by Gasteiger charge is 2.92. The summed E-state index contributed by atoms with van der Waals surface area (Å²) in [5.41, 5.74) is -4.54. The first-order valence-electron chi connectivity index (χ1n) is 6.63. The lowest BCUT2D eigenvalue weighted by molar-refractivity contribution is -0.152. The molecule has 2 aliphatic carbocycles. The molecule has 4 atom stereocenters. The molecule has 2 fully saturated rings. The lowest BCUT2D eigenvalue weighted by atomic mass is 9.76. The molecule has 4 nitrogen and oxygen atoms in total. The van der Waals surface area contributed by atoms with E-state index >= 15 is 0 Å².